The van der Waals surface area contributed by atoms with Gasteiger partial charge in [-0.05, 0) is 43.2 Å². The second kappa shape index (κ2) is 7.39. The van der Waals surface area contributed by atoms with Gasteiger partial charge < -0.3 is 4.42 Å². The summed E-state index contributed by atoms with van der Waals surface area (Å²) in [7, 11) is -3.61. The summed E-state index contributed by atoms with van der Waals surface area (Å²) in [5.41, 5.74) is 2.36. The summed E-state index contributed by atoms with van der Waals surface area (Å²) >= 11 is 0. The van der Waals surface area contributed by atoms with Crippen molar-refractivity contribution < 1.29 is 17.2 Å². The minimum absolute atomic E-state index is 0.179. The van der Waals surface area contributed by atoms with Gasteiger partial charge in [-0.3, -0.25) is 0 Å². The molecule has 1 aromatic heterocycles. The van der Waals surface area contributed by atoms with Crippen LogP contribution in [0.3, 0.4) is 0 Å². The largest absolute Gasteiger partial charge is 0.446 e. The molecule has 0 spiro atoms. The van der Waals surface area contributed by atoms with Crippen LogP contribution in [-0.4, -0.2) is 19.9 Å². The fraction of sp³-hybridized carbons (Fsp3) is 0.211. The molecule has 7 heteroatoms. The van der Waals surface area contributed by atoms with Crippen LogP contribution >= 0.6 is 0 Å². The van der Waals surface area contributed by atoms with Crippen LogP contribution in [0, 0.1) is 19.7 Å². The lowest BCUT2D eigenvalue weighted by molar-refractivity contribution is 0.495. The zero-order valence-corrected chi connectivity index (χ0v) is 15.3. The Labute approximate surface area is 151 Å². The molecule has 0 aliphatic rings. The third-order valence-electron chi connectivity index (χ3n) is 3.96. The Kier molecular flexibility index (Phi) is 5.20. The maximum Gasteiger partial charge on any atom is 0.240 e. The van der Waals surface area contributed by atoms with Gasteiger partial charge in [0, 0.05) is 19.0 Å². The number of sulfonamides is 1. The smallest absolute Gasteiger partial charge is 0.240 e. The van der Waals surface area contributed by atoms with Gasteiger partial charge in [-0.1, -0.05) is 24.3 Å². The van der Waals surface area contributed by atoms with E-state index in [4.69, 9.17) is 4.42 Å². The molecule has 5 nitrogen and oxygen atoms in total. The second-order valence-electron chi connectivity index (χ2n) is 5.94. The van der Waals surface area contributed by atoms with Gasteiger partial charge in [0.15, 0.2) is 5.89 Å². The number of benzene rings is 2. The van der Waals surface area contributed by atoms with Gasteiger partial charge in [-0.25, -0.2) is 22.5 Å². The quantitative estimate of drug-likeness (QED) is 0.715. The summed E-state index contributed by atoms with van der Waals surface area (Å²) in [5.74, 6) is 0.944. The van der Waals surface area contributed by atoms with Gasteiger partial charge in [0.05, 0.1) is 4.90 Å². The summed E-state index contributed by atoms with van der Waals surface area (Å²) in [6.07, 6.45) is 0.481. The second-order valence-corrected chi connectivity index (χ2v) is 7.70. The Morgan fingerprint density at radius 2 is 1.69 bits per heavy atom. The lowest BCUT2D eigenvalue weighted by Gasteiger charge is -2.08. The summed E-state index contributed by atoms with van der Waals surface area (Å²) in [6.45, 7) is 3.81. The standard InChI is InChI=1S/C19H19FN2O3S/c1-13-19(22-14(2)25-13)16-5-9-18(10-6-16)26(23,24)21-12-11-15-3-7-17(20)8-4-15/h3-10,21H,11-12H2,1-2H3. The van der Waals surface area contributed by atoms with Crippen LogP contribution in [0.15, 0.2) is 57.8 Å². The van der Waals surface area contributed by atoms with E-state index in [1.165, 1.54) is 12.1 Å². The van der Waals surface area contributed by atoms with Gasteiger partial charge in [0.2, 0.25) is 10.0 Å². The van der Waals surface area contributed by atoms with Crippen molar-refractivity contribution in [3.63, 3.8) is 0 Å². The summed E-state index contributed by atoms with van der Waals surface area (Å²) in [5, 5.41) is 0. The van der Waals surface area contributed by atoms with Crippen LogP contribution in [0.4, 0.5) is 4.39 Å². The van der Waals surface area contributed by atoms with Gasteiger partial charge in [-0.2, -0.15) is 0 Å². The molecule has 3 aromatic rings. The van der Waals surface area contributed by atoms with Crippen LogP contribution in [-0.2, 0) is 16.4 Å². The van der Waals surface area contributed by atoms with E-state index in [1.807, 2.05) is 6.92 Å². The molecule has 1 heterocycles. The lowest BCUT2D eigenvalue weighted by atomic mass is 10.1. The lowest BCUT2D eigenvalue weighted by Crippen LogP contribution is -2.25. The van der Waals surface area contributed by atoms with Crippen molar-refractivity contribution in [3.8, 4) is 11.3 Å². The van der Waals surface area contributed by atoms with E-state index >= 15 is 0 Å². The first-order valence-electron chi connectivity index (χ1n) is 8.14. The Bertz CT molecular complexity index is 994. The molecule has 0 fully saturated rings. The fourth-order valence-electron chi connectivity index (χ4n) is 2.65. The number of nitrogens with zero attached hydrogens (tertiary/aromatic N) is 1. The third-order valence-corrected chi connectivity index (χ3v) is 5.44. The molecule has 2 aromatic carbocycles. The van der Waals surface area contributed by atoms with Crippen molar-refractivity contribution in [2.24, 2.45) is 0 Å². The van der Waals surface area contributed by atoms with Gasteiger partial charge >= 0.3 is 0 Å². The minimum Gasteiger partial charge on any atom is -0.446 e. The van der Waals surface area contributed by atoms with Crippen LogP contribution in [0.2, 0.25) is 0 Å². The number of hydrogen-bond acceptors (Lipinski definition) is 4. The molecule has 0 saturated carbocycles. The van der Waals surface area contributed by atoms with Crippen molar-refractivity contribution in [3.05, 3.63) is 71.6 Å². The molecule has 0 aliphatic heterocycles. The van der Waals surface area contributed by atoms with Gasteiger partial charge in [0.25, 0.3) is 0 Å². The zero-order valence-electron chi connectivity index (χ0n) is 14.5. The Hall–Kier alpha value is -2.51. The first-order chi connectivity index (χ1) is 12.3. The maximum absolute atomic E-state index is 12.9. The highest BCUT2D eigenvalue weighted by Crippen LogP contribution is 2.24. The number of hydrogen-bond donors (Lipinski definition) is 1. The average Bonchev–Trinajstić information content (AvgIpc) is 2.95. The van der Waals surface area contributed by atoms with Crippen molar-refractivity contribution in [1.29, 1.82) is 0 Å². The Morgan fingerprint density at radius 3 is 2.27 bits per heavy atom. The fourth-order valence-corrected chi connectivity index (χ4v) is 3.68. The topological polar surface area (TPSA) is 72.2 Å². The van der Waals surface area contributed by atoms with Crippen LogP contribution in [0.1, 0.15) is 17.2 Å². The molecule has 0 atom stereocenters. The highest BCUT2D eigenvalue weighted by atomic mass is 32.2. The first kappa shape index (κ1) is 18.3. The molecule has 0 amide bonds. The molecule has 0 radical (unpaired) electrons. The first-order valence-corrected chi connectivity index (χ1v) is 9.62. The van der Waals surface area contributed by atoms with Crippen molar-refractivity contribution in [2.75, 3.05) is 6.54 Å². The van der Waals surface area contributed by atoms with Crippen LogP contribution in [0.5, 0.6) is 0 Å². The Balaban J connectivity index is 1.67. The van der Waals surface area contributed by atoms with E-state index in [-0.39, 0.29) is 17.3 Å². The zero-order chi connectivity index (χ0) is 18.7. The molecule has 26 heavy (non-hydrogen) atoms. The third kappa shape index (κ3) is 4.17. The molecule has 1 N–H and O–H groups in total. The average molecular weight is 374 g/mol. The molecule has 0 saturated heterocycles. The number of nitrogens with one attached hydrogen (secondary N) is 1. The molecule has 3 rings (SSSR count). The number of oxazole rings is 1. The minimum atomic E-state index is -3.61. The number of aryl methyl sites for hydroxylation is 2. The molecule has 0 unspecified atom stereocenters. The molecule has 0 aliphatic carbocycles. The van der Waals surface area contributed by atoms with E-state index in [0.717, 1.165) is 11.1 Å². The van der Waals surface area contributed by atoms with Gasteiger partial charge in [0.1, 0.15) is 17.3 Å². The van der Waals surface area contributed by atoms with Crippen LogP contribution < -0.4 is 4.72 Å². The Morgan fingerprint density at radius 1 is 1.04 bits per heavy atom. The number of halogens is 1. The van der Waals surface area contributed by atoms with E-state index in [1.54, 1.807) is 43.3 Å². The normalized spacial score (nSPS) is 11.7. The highest BCUT2D eigenvalue weighted by Gasteiger charge is 2.15. The highest BCUT2D eigenvalue weighted by molar-refractivity contribution is 7.89. The molecule has 136 valence electrons. The number of aromatic nitrogens is 1. The van der Waals surface area contributed by atoms with Crippen molar-refractivity contribution in [1.82, 2.24) is 9.71 Å². The predicted molar refractivity (Wildman–Crippen MR) is 96.7 cm³/mol. The van der Waals surface area contributed by atoms with Crippen LogP contribution in [0.25, 0.3) is 11.3 Å². The van der Waals surface area contributed by atoms with Crippen molar-refractivity contribution in [2.45, 2.75) is 25.2 Å². The van der Waals surface area contributed by atoms with E-state index < -0.39 is 10.0 Å². The summed E-state index contributed by atoms with van der Waals surface area (Å²) in [4.78, 5) is 4.48. The summed E-state index contributed by atoms with van der Waals surface area (Å²) in [6, 6.07) is 12.5. The molecular formula is C19H19FN2O3S. The SMILES string of the molecule is Cc1nc(-c2ccc(S(=O)(=O)NCCc3ccc(F)cc3)cc2)c(C)o1. The van der Waals surface area contributed by atoms with Crippen molar-refractivity contribution >= 4 is 10.0 Å². The molecular weight excluding hydrogens is 355 g/mol. The van der Waals surface area contributed by atoms with E-state index in [0.29, 0.717) is 23.8 Å². The molecule has 0 bridgehead atoms. The predicted octanol–water partition coefficient (Wildman–Crippen LogP) is 3.62. The maximum atomic E-state index is 12.9. The van der Waals surface area contributed by atoms with Gasteiger partial charge in [-0.15, -0.1) is 0 Å². The number of rotatable bonds is 6. The summed E-state index contributed by atoms with van der Waals surface area (Å²) < 4.78 is 45.6. The van der Waals surface area contributed by atoms with E-state index in [9.17, 15) is 12.8 Å². The van der Waals surface area contributed by atoms with E-state index in [2.05, 4.69) is 9.71 Å². The monoisotopic (exact) mass is 374 g/mol.